The summed E-state index contributed by atoms with van der Waals surface area (Å²) in [6.07, 6.45) is 2.80. The SMILES string of the molecule is Nc1cccc2c1CC1C2=NCc2cccnc21. The number of hydrogen-bond donors (Lipinski definition) is 1. The van der Waals surface area contributed by atoms with Gasteiger partial charge >= 0.3 is 0 Å². The molecule has 0 radical (unpaired) electrons. The van der Waals surface area contributed by atoms with Crippen LogP contribution in [-0.2, 0) is 13.0 Å². The van der Waals surface area contributed by atoms with Gasteiger partial charge in [0.1, 0.15) is 0 Å². The van der Waals surface area contributed by atoms with E-state index < -0.39 is 0 Å². The van der Waals surface area contributed by atoms with Crippen LogP contribution in [0.15, 0.2) is 41.5 Å². The zero-order valence-electron chi connectivity index (χ0n) is 9.93. The number of nitrogens with zero attached hydrogens (tertiary/aromatic N) is 2. The monoisotopic (exact) mass is 235 g/mol. The van der Waals surface area contributed by atoms with Gasteiger partial charge in [0.2, 0.25) is 0 Å². The summed E-state index contributed by atoms with van der Waals surface area (Å²) in [5.74, 6) is 0.301. The van der Waals surface area contributed by atoms with Gasteiger partial charge in [-0.25, -0.2) is 0 Å². The summed E-state index contributed by atoms with van der Waals surface area (Å²) in [5.41, 5.74) is 13.0. The van der Waals surface area contributed by atoms with Crippen molar-refractivity contribution in [3.63, 3.8) is 0 Å². The van der Waals surface area contributed by atoms with Gasteiger partial charge in [-0.2, -0.15) is 0 Å². The predicted molar refractivity (Wildman–Crippen MR) is 71.8 cm³/mol. The molecule has 1 aromatic carbocycles. The van der Waals surface area contributed by atoms with Crippen LogP contribution in [0.2, 0.25) is 0 Å². The molecule has 1 aromatic heterocycles. The van der Waals surface area contributed by atoms with Crippen LogP contribution < -0.4 is 5.73 Å². The van der Waals surface area contributed by atoms with Crippen LogP contribution >= 0.6 is 0 Å². The molecule has 2 heterocycles. The number of hydrogen-bond acceptors (Lipinski definition) is 3. The van der Waals surface area contributed by atoms with E-state index in [2.05, 4.69) is 17.1 Å². The number of aromatic nitrogens is 1. The normalized spacial score (nSPS) is 19.8. The van der Waals surface area contributed by atoms with Crippen molar-refractivity contribution in [2.45, 2.75) is 18.9 Å². The van der Waals surface area contributed by atoms with Gasteiger partial charge in [-0.15, -0.1) is 0 Å². The van der Waals surface area contributed by atoms with Crippen molar-refractivity contribution >= 4 is 11.4 Å². The molecule has 0 saturated carbocycles. The second kappa shape index (κ2) is 3.42. The summed E-state index contributed by atoms with van der Waals surface area (Å²) in [6, 6.07) is 10.2. The number of aliphatic imine (C=N–C) groups is 1. The molecule has 0 fully saturated rings. The maximum Gasteiger partial charge on any atom is 0.0661 e. The van der Waals surface area contributed by atoms with Gasteiger partial charge in [-0.05, 0) is 29.7 Å². The van der Waals surface area contributed by atoms with Gasteiger partial charge < -0.3 is 5.73 Å². The highest BCUT2D eigenvalue weighted by atomic mass is 14.8. The van der Waals surface area contributed by atoms with Crippen molar-refractivity contribution < 1.29 is 0 Å². The summed E-state index contributed by atoms with van der Waals surface area (Å²) in [6.45, 7) is 0.739. The van der Waals surface area contributed by atoms with E-state index in [-0.39, 0.29) is 0 Å². The topological polar surface area (TPSA) is 51.3 Å². The van der Waals surface area contributed by atoms with Crippen molar-refractivity contribution in [2.75, 3.05) is 5.73 Å². The van der Waals surface area contributed by atoms with Gasteiger partial charge in [0, 0.05) is 23.4 Å². The summed E-state index contributed by atoms with van der Waals surface area (Å²) in [7, 11) is 0. The summed E-state index contributed by atoms with van der Waals surface area (Å²) in [4.78, 5) is 9.29. The number of benzene rings is 1. The minimum absolute atomic E-state index is 0.301. The molecular weight excluding hydrogens is 222 g/mol. The highest BCUT2D eigenvalue weighted by molar-refractivity contribution is 6.10. The smallest absolute Gasteiger partial charge is 0.0661 e. The molecule has 18 heavy (non-hydrogen) atoms. The fraction of sp³-hybridized carbons (Fsp3) is 0.200. The Morgan fingerprint density at radius 3 is 3.06 bits per heavy atom. The van der Waals surface area contributed by atoms with Crippen LogP contribution in [0.25, 0.3) is 0 Å². The molecule has 2 N–H and O–H groups in total. The number of anilines is 1. The third-order valence-electron chi connectivity index (χ3n) is 3.90. The summed E-state index contributed by atoms with van der Waals surface area (Å²) < 4.78 is 0. The predicted octanol–water partition coefficient (Wildman–Crippen LogP) is 2.31. The molecule has 1 atom stereocenters. The average Bonchev–Trinajstić information content (AvgIpc) is 2.79. The van der Waals surface area contributed by atoms with Crippen LogP contribution in [0.1, 0.15) is 28.3 Å². The Bertz CT molecular complexity index is 673. The third-order valence-corrected chi connectivity index (χ3v) is 3.90. The number of nitrogen functional groups attached to an aromatic ring is 1. The van der Waals surface area contributed by atoms with E-state index in [4.69, 9.17) is 10.7 Å². The molecule has 1 unspecified atom stereocenters. The lowest BCUT2D eigenvalue weighted by Crippen LogP contribution is -2.17. The lowest BCUT2D eigenvalue weighted by Gasteiger charge is -2.19. The third kappa shape index (κ3) is 1.19. The minimum Gasteiger partial charge on any atom is -0.398 e. The van der Waals surface area contributed by atoms with Crippen molar-refractivity contribution in [2.24, 2.45) is 4.99 Å². The fourth-order valence-corrected chi connectivity index (χ4v) is 3.05. The van der Waals surface area contributed by atoms with E-state index in [9.17, 15) is 0 Å². The van der Waals surface area contributed by atoms with Crippen LogP contribution in [-0.4, -0.2) is 10.7 Å². The molecule has 2 aliphatic rings. The first kappa shape index (κ1) is 9.83. The zero-order valence-corrected chi connectivity index (χ0v) is 9.93. The molecule has 0 bridgehead atoms. The van der Waals surface area contributed by atoms with E-state index in [0.717, 1.165) is 18.7 Å². The Morgan fingerprint density at radius 1 is 1.17 bits per heavy atom. The number of pyridine rings is 1. The van der Waals surface area contributed by atoms with E-state index >= 15 is 0 Å². The second-order valence-corrected chi connectivity index (χ2v) is 4.88. The lowest BCUT2D eigenvalue weighted by molar-refractivity contribution is 0.807. The van der Waals surface area contributed by atoms with Crippen molar-refractivity contribution in [3.05, 3.63) is 58.9 Å². The van der Waals surface area contributed by atoms with Crippen LogP contribution in [0.5, 0.6) is 0 Å². The molecule has 0 spiro atoms. The standard InChI is InChI=1S/C15H13N3/c16-13-5-1-4-10-11(13)7-12-14-9(3-2-6-17-14)8-18-15(10)12/h1-6,12H,7-8,16H2. The molecule has 3 heteroatoms. The molecule has 0 saturated heterocycles. The van der Waals surface area contributed by atoms with E-state index in [0.29, 0.717) is 5.92 Å². The molecule has 0 amide bonds. The van der Waals surface area contributed by atoms with Gasteiger partial charge in [-0.3, -0.25) is 9.98 Å². The van der Waals surface area contributed by atoms with Crippen molar-refractivity contribution in [1.82, 2.24) is 4.98 Å². The molecule has 4 rings (SSSR count). The minimum atomic E-state index is 0.301. The van der Waals surface area contributed by atoms with Crippen molar-refractivity contribution in [1.29, 1.82) is 0 Å². The first-order valence-electron chi connectivity index (χ1n) is 6.20. The van der Waals surface area contributed by atoms with Gasteiger partial charge in [-0.1, -0.05) is 18.2 Å². The largest absolute Gasteiger partial charge is 0.398 e. The molecule has 1 aliphatic heterocycles. The fourth-order valence-electron chi connectivity index (χ4n) is 3.05. The molecular formula is C15H13N3. The average molecular weight is 235 g/mol. The van der Waals surface area contributed by atoms with E-state index in [1.54, 1.807) is 0 Å². The highest BCUT2D eigenvalue weighted by Crippen LogP contribution is 2.40. The van der Waals surface area contributed by atoms with Gasteiger partial charge in [0.25, 0.3) is 0 Å². The zero-order chi connectivity index (χ0) is 12.1. The number of rotatable bonds is 0. The Hall–Kier alpha value is -2.16. The number of fused-ring (bicyclic) bond motifs is 5. The maximum atomic E-state index is 6.07. The van der Waals surface area contributed by atoms with Crippen LogP contribution in [0, 0.1) is 0 Å². The summed E-state index contributed by atoms with van der Waals surface area (Å²) in [5, 5.41) is 0. The Labute approximate surface area is 105 Å². The Balaban J connectivity index is 1.92. The maximum absolute atomic E-state index is 6.07. The molecule has 2 aromatic rings. The van der Waals surface area contributed by atoms with Crippen LogP contribution in [0.3, 0.4) is 0 Å². The number of nitrogens with two attached hydrogens (primary N) is 1. The van der Waals surface area contributed by atoms with Crippen LogP contribution in [0.4, 0.5) is 5.69 Å². The quantitative estimate of drug-likeness (QED) is 0.712. The molecule has 88 valence electrons. The van der Waals surface area contributed by atoms with E-state index in [1.165, 1.54) is 28.1 Å². The first-order valence-corrected chi connectivity index (χ1v) is 6.20. The Kier molecular flexibility index (Phi) is 1.87. The highest BCUT2D eigenvalue weighted by Gasteiger charge is 2.34. The van der Waals surface area contributed by atoms with E-state index in [1.807, 2.05) is 24.4 Å². The molecule has 3 nitrogen and oxygen atoms in total. The second-order valence-electron chi connectivity index (χ2n) is 4.88. The Morgan fingerprint density at radius 2 is 2.11 bits per heavy atom. The summed E-state index contributed by atoms with van der Waals surface area (Å²) >= 11 is 0. The first-order chi connectivity index (χ1) is 8.84. The van der Waals surface area contributed by atoms with Crippen molar-refractivity contribution in [3.8, 4) is 0 Å². The lowest BCUT2D eigenvalue weighted by atomic mass is 9.93. The van der Waals surface area contributed by atoms with Gasteiger partial charge in [0.15, 0.2) is 0 Å². The van der Waals surface area contributed by atoms with Gasteiger partial charge in [0.05, 0.1) is 18.0 Å². The molecule has 1 aliphatic carbocycles.